The lowest BCUT2D eigenvalue weighted by Gasteiger charge is -2.40. The third kappa shape index (κ3) is 3.64. The highest BCUT2D eigenvalue weighted by Gasteiger charge is 2.48. The lowest BCUT2D eigenvalue weighted by Crippen LogP contribution is -2.54. The van der Waals surface area contributed by atoms with E-state index in [0.29, 0.717) is 19.0 Å². The smallest absolute Gasteiger partial charge is 0.377 e. The summed E-state index contributed by atoms with van der Waals surface area (Å²) in [4.78, 5) is 37.0. The van der Waals surface area contributed by atoms with E-state index in [-0.39, 0.29) is 36.6 Å². The maximum Gasteiger partial charge on any atom is 0.408 e. The van der Waals surface area contributed by atoms with E-state index in [2.05, 4.69) is 9.97 Å². The number of anilines is 2. The highest BCUT2D eigenvalue weighted by Crippen LogP contribution is 2.37. The zero-order chi connectivity index (χ0) is 22.5. The third-order valence-electron chi connectivity index (χ3n) is 6.41. The molecule has 0 radical (unpaired) electrons. The van der Waals surface area contributed by atoms with Crippen LogP contribution in [-0.2, 0) is 11.3 Å². The quantitative estimate of drug-likeness (QED) is 0.661. The number of hydrogen-bond acceptors (Lipinski definition) is 7. The topological polar surface area (TPSA) is 80.6 Å². The molecule has 0 aromatic carbocycles. The Morgan fingerprint density at radius 3 is 2.59 bits per heavy atom. The number of fused-ring (bicyclic) bond motifs is 3. The van der Waals surface area contributed by atoms with Crippen LogP contribution >= 0.6 is 0 Å². The van der Waals surface area contributed by atoms with Gasteiger partial charge in [-0.1, -0.05) is 0 Å². The van der Waals surface area contributed by atoms with Crippen LogP contribution in [0.25, 0.3) is 0 Å². The number of halogens is 3. The monoisotopic (exact) mass is 449 g/mol. The maximum absolute atomic E-state index is 13.9. The zero-order valence-corrected chi connectivity index (χ0v) is 17.2. The number of rotatable bonds is 4. The van der Waals surface area contributed by atoms with Crippen LogP contribution in [0.3, 0.4) is 0 Å². The van der Waals surface area contributed by atoms with Crippen molar-refractivity contribution in [1.29, 1.82) is 0 Å². The summed E-state index contributed by atoms with van der Waals surface area (Å²) in [6.45, 7) is 0.316. The molecule has 5 heterocycles. The van der Waals surface area contributed by atoms with Gasteiger partial charge in [-0.05, 0) is 31.4 Å². The summed E-state index contributed by atoms with van der Waals surface area (Å²) in [6, 6.07) is 2.60. The Labute approximate surface area is 181 Å². The molecule has 3 aliphatic rings. The van der Waals surface area contributed by atoms with Gasteiger partial charge in [0.05, 0.1) is 31.8 Å². The summed E-state index contributed by atoms with van der Waals surface area (Å²) in [5.41, 5.74) is -0.217. The average Bonchev–Trinajstić information content (AvgIpc) is 3.02. The van der Waals surface area contributed by atoms with Gasteiger partial charge >= 0.3 is 6.18 Å². The van der Waals surface area contributed by atoms with Crippen LogP contribution in [0.1, 0.15) is 29.6 Å². The molecule has 3 atom stereocenters. The molecule has 170 valence electrons. The van der Waals surface area contributed by atoms with Crippen molar-refractivity contribution in [2.24, 2.45) is 0 Å². The SMILES string of the molecule is O=C(CN1c2nc(N3C4CCC3COC4)cc(=O)n2CC[C@H]1C(F)(F)F)c1cccnc1. The van der Waals surface area contributed by atoms with Gasteiger partial charge < -0.3 is 14.5 Å². The molecule has 0 saturated carbocycles. The summed E-state index contributed by atoms with van der Waals surface area (Å²) in [5.74, 6) is -0.296. The molecular formula is C21H22F3N5O3. The first-order valence-corrected chi connectivity index (χ1v) is 10.6. The Kier molecular flexibility index (Phi) is 5.15. The molecule has 2 saturated heterocycles. The van der Waals surface area contributed by atoms with Gasteiger partial charge in [0.25, 0.3) is 5.56 Å². The van der Waals surface area contributed by atoms with E-state index in [1.54, 1.807) is 6.07 Å². The molecule has 0 spiro atoms. The van der Waals surface area contributed by atoms with Crippen molar-refractivity contribution in [3.05, 3.63) is 46.5 Å². The van der Waals surface area contributed by atoms with Gasteiger partial charge in [0.2, 0.25) is 5.95 Å². The summed E-state index contributed by atoms with van der Waals surface area (Å²) in [6.07, 6.45) is -0.363. The molecule has 3 aliphatic heterocycles. The molecule has 0 amide bonds. The van der Waals surface area contributed by atoms with E-state index < -0.39 is 30.1 Å². The Morgan fingerprint density at radius 2 is 1.94 bits per heavy atom. The van der Waals surface area contributed by atoms with Gasteiger partial charge in [-0.15, -0.1) is 0 Å². The van der Waals surface area contributed by atoms with E-state index in [1.807, 2.05) is 4.90 Å². The number of hydrogen-bond donors (Lipinski definition) is 0. The Balaban J connectivity index is 1.56. The summed E-state index contributed by atoms with van der Waals surface area (Å²) < 4.78 is 48.6. The molecule has 0 aliphatic carbocycles. The summed E-state index contributed by atoms with van der Waals surface area (Å²) in [5, 5.41) is 0. The second-order valence-electron chi connectivity index (χ2n) is 8.37. The van der Waals surface area contributed by atoms with Crippen molar-refractivity contribution in [2.75, 3.05) is 29.6 Å². The van der Waals surface area contributed by atoms with Crippen molar-refractivity contribution < 1.29 is 22.7 Å². The third-order valence-corrected chi connectivity index (χ3v) is 6.41. The molecule has 0 N–H and O–H groups in total. The zero-order valence-electron chi connectivity index (χ0n) is 17.2. The van der Waals surface area contributed by atoms with Crippen molar-refractivity contribution in [1.82, 2.24) is 14.5 Å². The van der Waals surface area contributed by atoms with Crippen LogP contribution in [-0.4, -0.2) is 64.4 Å². The fourth-order valence-electron chi connectivity index (χ4n) is 4.89. The summed E-state index contributed by atoms with van der Waals surface area (Å²) in [7, 11) is 0. The molecule has 8 nitrogen and oxygen atoms in total. The molecule has 2 aromatic heterocycles. The average molecular weight is 449 g/mol. The first-order chi connectivity index (χ1) is 15.3. The molecule has 2 fully saturated rings. The van der Waals surface area contributed by atoms with E-state index >= 15 is 0 Å². The van der Waals surface area contributed by atoms with Gasteiger partial charge in [0.1, 0.15) is 11.9 Å². The minimum atomic E-state index is -4.58. The molecule has 32 heavy (non-hydrogen) atoms. The number of nitrogens with zero attached hydrogens (tertiary/aromatic N) is 5. The van der Waals surface area contributed by atoms with E-state index in [4.69, 9.17) is 4.74 Å². The number of pyridine rings is 1. The van der Waals surface area contributed by atoms with Gasteiger partial charge in [-0.3, -0.25) is 19.1 Å². The van der Waals surface area contributed by atoms with Crippen molar-refractivity contribution in [3.8, 4) is 0 Å². The number of Topliss-reactive ketones (excluding diaryl/α,β-unsaturated/α-hetero) is 1. The number of carbonyl (C=O) groups is 1. The van der Waals surface area contributed by atoms with E-state index in [9.17, 15) is 22.8 Å². The maximum atomic E-state index is 13.9. The Morgan fingerprint density at radius 1 is 1.19 bits per heavy atom. The number of ketones is 1. The lowest BCUT2D eigenvalue weighted by molar-refractivity contribution is -0.152. The van der Waals surface area contributed by atoms with E-state index in [0.717, 1.165) is 17.7 Å². The first-order valence-electron chi connectivity index (χ1n) is 10.6. The molecule has 2 aromatic rings. The predicted molar refractivity (Wildman–Crippen MR) is 109 cm³/mol. The Hall–Kier alpha value is -2.95. The fourth-order valence-corrected chi connectivity index (χ4v) is 4.89. The minimum absolute atomic E-state index is 0.0381. The second kappa shape index (κ2) is 7.88. The van der Waals surface area contributed by atoms with E-state index in [1.165, 1.54) is 29.1 Å². The first kappa shape index (κ1) is 20.9. The van der Waals surface area contributed by atoms with Crippen molar-refractivity contribution in [2.45, 2.75) is 50.1 Å². The van der Waals surface area contributed by atoms with Gasteiger partial charge in [0.15, 0.2) is 5.78 Å². The van der Waals surface area contributed by atoms with Gasteiger partial charge in [0, 0.05) is 30.6 Å². The second-order valence-corrected chi connectivity index (χ2v) is 8.37. The standard InChI is InChI=1S/C21H22F3N5O3/c22-21(23,24)17-5-7-27-19(31)8-18(29-14-3-4-15(29)12-32-11-14)26-20(27)28(17)10-16(30)13-2-1-6-25-9-13/h1-2,6,8-9,14-15,17H,3-5,7,10-12H2/t14?,15?,17-/m0/s1. The molecule has 5 rings (SSSR count). The van der Waals surface area contributed by atoms with Crippen LogP contribution < -0.4 is 15.4 Å². The normalized spacial score (nSPS) is 25.0. The van der Waals surface area contributed by atoms with Crippen LogP contribution in [0.15, 0.2) is 35.4 Å². The number of carbonyl (C=O) groups excluding carboxylic acids is 1. The number of aromatic nitrogens is 3. The lowest BCUT2D eigenvalue weighted by atomic mass is 10.1. The van der Waals surface area contributed by atoms with Crippen LogP contribution in [0.4, 0.5) is 24.9 Å². The molecule has 2 unspecified atom stereocenters. The summed E-state index contributed by atoms with van der Waals surface area (Å²) >= 11 is 0. The minimum Gasteiger partial charge on any atom is -0.377 e. The predicted octanol–water partition coefficient (Wildman–Crippen LogP) is 2.03. The highest BCUT2D eigenvalue weighted by molar-refractivity contribution is 5.98. The number of alkyl halides is 3. The largest absolute Gasteiger partial charge is 0.408 e. The molecular weight excluding hydrogens is 427 g/mol. The van der Waals surface area contributed by atoms with Crippen molar-refractivity contribution >= 4 is 17.5 Å². The van der Waals surface area contributed by atoms with Gasteiger partial charge in [-0.25, -0.2) is 0 Å². The van der Waals surface area contributed by atoms with Crippen LogP contribution in [0.2, 0.25) is 0 Å². The van der Waals surface area contributed by atoms with Crippen LogP contribution in [0, 0.1) is 0 Å². The molecule has 2 bridgehead atoms. The van der Waals surface area contributed by atoms with Crippen LogP contribution in [0.5, 0.6) is 0 Å². The number of ether oxygens (including phenoxy) is 1. The molecule has 11 heteroatoms. The van der Waals surface area contributed by atoms with Crippen molar-refractivity contribution in [3.63, 3.8) is 0 Å². The Bertz CT molecular complexity index is 1060. The number of morpholine rings is 1. The highest BCUT2D eigenvalue weighted by atomic mass is 19.4. The van der Waals surface area contributed by atoms with Gasteiger partial charge in [-0.2, -0.15) is 18.2 Å². The fraction of sp³-hybridized carbons (Fsp3) is 0.524.